The Hall–Kier alpha value is -2.39. The number of hydrogen-bond donors (Lipinski definition) is 2. The summed E-state index contributed by atoms with van der Waals surface area (Å²) < 4.78 is 23.8. The summed E-state index contributed by atoms with van der Waals surface area (Å²) in [5, 5.41) is 12.8. The fraction of sp³-hybridized carbons (Fsp3) is 0.412. The summed E-state index contributed by atoms with van der Waals surface area (Å²) in [6.07, 6.45) is 5.24. The van der Waals surface area contributed by atoms with E-state index in [4.69, 9.17) is 9.88 Å². The van der Waals surface area contributed by atoms with E-state index in [9.17, 15) is 9.00 Å². The highest BCUT2D eigenvalue weighted by atomic mass is 32.2. The van der Waals surface area contributed by atoms with Gasteiger partial charge in [0.1, 0.15) is 11.0 Å². The summed E-state index contributed by atoms with van der Waals surface area (Å²) in [6.45, 7) is 2.44. The molecule has 0 bridgehead atoms. The predicted octanol–water partition coefficient (Wildman–Crippen LogP) is 1.79. The first kappa shape index (κ1) is 15.8. The van der Waals surface area contributed by atoms with E-state index in [1.54, 1.807) is 4.68 Å². The van der Waals surface area contributed by atoms with Crippen LogP contribution in [-0.4, -0.2) is 26.1 Å². The zero-order valence-electron chi connectivity index (χ0n) is 14.3. The number of anilines is 1. The van der Waals surface area contributed by atoms with Gasteiger partial charge in [-0.05, 0) is 54.9 Å². The monoisotopic (exact) mass is 373 g/mol. The molecule has 0 fully saturated rings. The first-order chi connectivity index (χ1) is 12.4. The molecule has 3 aliphatic rings. The van der Waals surface area contributed by atoms with E-state index < -0.39 is 15.9 Å². The highest BCUT2D eigenvalue weighted by molar-refractivity contribution is 7.91. The third-order valence-corrected chi connectivity index (χ3v) is 6.63. The minimum atomic E-state index is -3.44. The van der Waals surface area contributed by atoms with Crippen LogP contribution in [0.3, 0.4) is 0 Å². The Morgan fingerprint density at radius 3 is 2.65 bits per heavy atom. The Labute approximate surface area is 151 Å². The van der Waals surface area contributed by atoms with E-state index in [1.807, 2.05) is 6.92 Å². The van der Waals surface area contributed by atoms with Crippen LogP contribution in [0, 0.1) is 0 Å². The van der Waals surface area contributed by atoms with Crippen molar-refractivity contribution in [2.24, 2.45) is 9.50 Å². The largest absolute Gasteiger partial charge is 0.472 e. The molecule has 1 unspecified atom stereocenters. The van der Waals surface area contributed by atoms with Gasteiger partial charge in [0, 0.05) is 5.69 Å². The molecule has 2 atom stereocenters. The molecule has 5 rings (SSSR count). The molecule has 2 heterocycles. The van der Waals surface area contributed by atoms with Crippen LogP contribution in [0.4, 0.5) is 10.5 Å². The fourth-order valence-electron chi connectivity index (χ4n) is 3.80. The van der Waals surface area contributed by atoms with Gasteiger partial charge in [-0.1, -0.05) is 6.07 Å². The number of nitrogens with zero attached hydrogens (tertiary/aromatic N) is 3. The molecule has 1 aromatic heterocycles. The van der Waals surface area contributed by atoms with Crippen molar-refractivity contribution in [2.45, 2.75) is 50.2 Å². The van der Waals surface area contributed by atoms with Crippen molar-refractivity contribution in [3.05, 3.63) is 34.5 Å². The van der Waals surface area contributed by atoms with Crippen LogP contribution in [0.15, 0.2) is 21.5 Å². The number of nitrogens with two attached hydrogens (primary N) is 1. The van der Waals surface area contributed by atoms with Gasteiger partial charge in [-0.15, -0.1) is 4.36 Å². The van der Waals surface area contributed by atoms with Crippen molar-refractivity contribution in [2.75, 3.05) is 5.32 Å². The summed E-state index contributed by atoms with van der Waals surface area (Å²) in [6, 6.07) is 1.53. The topological polar surface area (TPSA) is 112 Å². The molecule has 0 spiro atoms. The Morgan fingerprint density at radius 1 is 1.35 bits per heavy atom. The highest BCUT2D eigenvalue weighted by Gasteiger charge is 2.30. The number of carbonyl (C=O) groups excluding carboxylic acids is 1. The summed E-state index contributed by atoms with van der Waals surface area (Å²) in [7, 11) is -3.44. The molecule has 1 aliphatic heterocycles. The summed E-state index contributed by atoms with van der Waals surface area (Å²) in [5.74, 6) is 0.328. The molecule has 2 aliphatic carbocycles. The number of fused-ring (bicyclic) bond motifs is 3. The van der Waals surface area contributed by atoms with Gasteiger partial charge in [0.25, 0.3) is 0 Å². The van der Waals surface area contributed by atoms with Crippen LogP contribution in [0.25, 0.3) is 0 Å². The van der Waals surface area contributed by atoms with Gasteiger partial charge >= 0.3 is 6.03 Å². The van der Waals surface area contributed by atoms with E-state index in [0.29, 0.717) is 12.4 Å². The number of ether oxygens (including phenoxy) is 1. The van der Waals surface area contributed by atoms with Crippen molar-refractivity contribution in [1.29, 1.82) is 0 Å². The van der Waals surface area contributed by atoms with Gasteiger partial charge in [-0.25, -0.2) is 18.8 Å². The molecule has 0 saturated heterocycles. The van der Waals surface area contributed by atoms with Gasteiger partial charge in [0.2, 0.25) is 5.88 Å². The molecule has 8 nitrogen and oxygen atoms in total. The first-order valence-corrected chi connectivity index (χ1v) is 10.2. The lowest BCUT2D eigenvalue weighted by Gasteiger charge is -2.31. The van der Waals surface area contributed by atoms with Crippen molar-refractivity contribution < 1.29 is 13.7 Å². The standard InChI is InChI=1S/C17H19N5O3S/c1-9-8-22-16(25-9)14(7-19-22)26(18,24)21-17(23)20-15-12-4-2-10(12)6-11-3-5-13(11)15/h6-7,9H,2-5,8H2,1H3,(H3,18,20,21,23,24)/t9-,26?/m0/s1. The Morgan fingerprint density at radius 2 is 2.04 bits per heavy atom. The number of urea groups is 1. The van der Waals surface area contributed by atoms with E-state index in [0.717, 1.165) is 31.4 Å². The van der Waals surface area contributed by atoms with Crippen molar-refractivity contribution in [1.82, 2.24) is 9.78 Å². The minimum Gasteiger partial charge on any atom is -0.472 e. The second-order valence-electron chi connectivity index (χ2n) is 7.04. The number of aryl methyl sites for hydroxylation is 2. The molecular formula is C17H19N5O3S. The molecule has 2 aromatic rings. The molecule has 2 amide bonds. The summed E-state index contributed by atoms with van der Waals surface area (Å²) in [4.78, 5) is 12.6. The SMILES string of the molecule is C[C@H]1Cn2ncc(S(N)(=O)=NC(=O)Nc3c4c(cc5c3CC5)CC4)c2O1. The lowest BCUT2D eigenvalue weighted by Crippen LogP contribution is -2.24. The van der Waals surface area contributed by atoms with E-state index in [-0.39, 0.29) is 11.0 Å². The van der Waals surface area contributed by atoms with Crippen LogP contribution in [0.1, 0.15) is 29.2 Å². The molecule has 0 radical (unpaired) electrons. The number of benzene rings is 1. The summed E-state index contributed by atoms with van der Waals surface area (Å²) >= 11 is 0. The Balaban J connectivity index is 1.46. The van der Waals surface area contributed by atoms with Crippen molar-refractivity contribution >= 4 is 21.6 Å². The maximum Gasteiger partial charge on any atom is 0.354 e. The van der Waals surface area contributed by atoms with E-state index in [2.05, 4.69) is 20.8 Å². The average Bonchev–Trinajstić information content (AvgIpc) is 3.01. The van der Waals surface area contributed by atoms with Crippen molar-refractivity contribution in [3.8, 4) is 5.88 Å². The lowest BCUT2D eigenvalue weighted by atomic mass is 9.76. The number of nitrogens with one attached hydrogen (secondary N) is 1. The molecular weight excluding hydrogens is 354 g/mol. The number of rotatable bonds is 2. The number of carbonyl (C=O) groups is 1. The van der Waals surface area contributed by atoms with E-state index in [1.165, 1.54) is 28.5 Å². The molecule has 1 aromatic carbocycles. The zero-order valence-corrected chi connectivity index (χ0v) is 15.1. The van der Waals surface area contributed by atoms with Gasteiger partial charge < -0.3 is 10.1 Å². The third-order valence-electron chi connectivity index (χ3n) is 5.28. The summed E-state index contributed by atoms with van der Waals surface area (Å²) in [5.41, 5.74) is 5.73. The predicted molar refractivity (Wildman–Crippen MR) is 95.6 cm³/mol. The molecule has 3 N–H and O–H groups in total. The fourth-order valence-corrected chi connectivity index (χ4v) is 4.79. The minimum absolute atomic E-state index is 0.0801. The molecule has 9 heteroatoms. The number of hydrogen-bond acceptors (Lipinski definition) is 4. The number of amides is 2. The van der Waals surface area contributed by atoms with Gasteiger partial charge in [-0.2, -0.15) is 5.10 Å². The van der Waals surface area contributed by atoms with Crippen LogP contribution in [0.5, 0.6) is 5.88 Å². The van der Waals surface area contributed by atoms with E-state index >= 15 is 0 Å². The van der Waals surface area contributed by atoms with Crippen LogP contribution in [-0.2, 0) is 42.1 Å². The van der Waals surface area contributed by atoms with Crippen LogP contribution < -0.4 is 15.2 Å². The number of aromatic nitrogens is 2. The molecule has 0 saturated carbocycles. The van der Waals surface area contributed by atoms with Crippen molar-refractivity contribution in [3.63, 3.8) is 0 Å². The Kier molecular flexibility index (Phi) is 3.23. The lowest BCUT2D eigenvalue weighted by molar-refractivity contribution is 0.248. The smallest absolute Gasteiger partial charge is 0.354 e. The zero-order chi connectivity index (χ0) is 18.1. The maximum atomic E-state index is 12.9. The Bertz CT molecular complexity index is 1050. The van der Waals surface area contributed by atoms with Gasteiger partial charge in [0.05, 0.1) is 12.7 Å². The van der Waals surface area contributed by atoms with Crippen LogP contribution in [0.2, 0.25) is 0 Å². The second kappa shape index (κ2) is 5.31. The maximum absolute atomic E-state index is 12.9. The molecule has 136 valence electrons. The van der Waals surface area contributed by atoms with Gasteiger partial charge in [0.15, 0.2) is 9.92 Å². The first-order valence-electron chi connectivity index (χ1n) is 8.67. The highest BCUT2D eigenvalue weighted by Crippen LogP contribution is 2.40. The quantitative estimate of drug-likeness (QED) is 0.836. The molecule has 26 heavy (non-hydrogen) atoms. The normalized spacial score (nSPS) is 21.2. The second-order valence-corrected chi connectivity index (χ2v) is 8.80. The van der Waals surface area contributed by atoms with Gasteiger partial charge in [-0.3, -0.25) is 0 Å². The average molecular weight is 373 g/mol. The van der Waals surface area contributed by atoms with Crippen LogP contribution >= 0.6 is 0 Å². The third kappa shape index (κ3) is 2.27.